The molecule has 0 bridgehead atoms. The van der Waals surface area contributed by atoms with E-state index in [-0.39, 0.29) is 48.5 Å². The van der Waals surface area contributed by atoms with E-state index in [1.54, 1.807) is 6.07 Å². The van der Waals surface area contributed by atoms with Gasteiger partial charge in [-0.05, 0) is 48.7 Å². The lowest BCUT2D eigenvalue weighted by Gasteiger charge is -2.34. The van der Waals surface area contributed by atoms with Crippen LogP contribution in [-0.2, 0) is 20.8 Å². The first-order valence-corrected chi connectivity index (χ1v) is 13.2. The first-order chi connectivity index (χ1) is 20.4. The van der Waals surface area contributed by atoms with E-state index < -0.39 is 60.5 Å². The fraction of sp³-hybridized carbons (Fsp3) is 0.308. The van der Waals surface area contributed by atoms with Crippen molar-refractivity contribution in [3.8, 4) is 11.5 Å². The second-order valence-electron chi connectivity index (χ2n) is 9.84. The third-order valence-corrected chi connectivity index (χ3v) is 7.01. The number of primary amides is 1. The van der Waals surface area contributed by atoms with E-state index in [2.05, 4.69) is 10.6 Å². The molecule has 0 radical (unpaired) electrons. The van der Waals surface area contributed by atoms with Crippen molar-refractivity contribution >= 4 is 42.7 Å². The lowest BCUT2D eigenvalue weighted by Crippen LogP contribution is -2.60. The molecule has 1 unspecified atom stereocenters. The molecule has 2 atom stereocenters. The summed E-state index contributed by atoms with van der Waals surface area (Å²) in [6.07, 6.45) is 0.407. The van der Waals surface area contributed by atoms with E-state index in [0.717, 1.165) is 12.1 Å². The third-order valence-electron chi connectivity index (χ3n) is 7.01. The van der Waals surface area contributed by atoms with Gasteiger partial charge < -0.3 is 46.9 Å². The number of carbonyl (C=O) groups excluding carboxylic acids is 5. The predicted octanol–water partition coefficient (Wildman–Crippen LogP) is -1.90. The molecule has 6 amide bonds. The zero-order chi connectivity index (χ0) is 31.4. The number of carboxylic acid groups (broad SMARTS) is 1. The van der Waals surface area contributed by atoms with Crippen LogP contribution in [0.1, 0.15) is 44.3 Å². The van der Waals surface area contributed by atoms with Crippen LogP contribution in [0.3, 0.4) is 0 Å². The molecule has 4 rings (SSSR count). The fourth-order valence-electron chi connectivity index (χ4n) is 4.78. The smallest absolute Gasteiger partial charge is 0.534 e. The minimum absolute atomic E-state index is 0.0338. The molecule has 1 fully saturated rings. The maximum absolute atomic E-state index is 13.6. The lowest BCUT2D eigenvalue weighted by molar-refractivity contribution is -0.153. The monoisotopic (exact) mass is 596 g/mol. The summed E-state index contributed by atoms with van der Waals surface area (Å²) in [7, 11) is -1.68. The predicted molar refractivity (Wildman–Crippen MR) is 147 cm³/mol. The number of nitrogens with two attached hydrogens (primary N) is 2. The van der Waals surface area contributed by atoms with Crippen molar-refractivity contribution in [3.05, 3.63) is 58.7 Å². The first kappa shape index (κ1) is 30.8. The molecule has 1 saturated heterocycles. The number of benzene rings is 2. The summed E-state index contributed by atoms with van der Waals surface area (Å²) in [5.74, 6) is -6.95. The number of nitrogens with one attached hydrogen (secondary N) is 2. The Morgan fingerprint density at radius 1 is 1.09 bits per heavy atom. The van der Waals surface area contributed by atoms with Crippen LogP contribution in [0.4, 0.5) is 4.79 Å². The highest BCUT2D eigenvalue weighted by Gasteiger charge is 2.41. The molecule has 0 spiro atoms. The molecule has 43 heavy (non-hydrogen) atoms. The van der Waals surface area contributed by atoms with Gasteiger partial charge in [-0.15, -0.1) is 0 Å². The minimum atomic E-state index is -1.68. The number of aromatic carboxylic acids is 1. The number of rotatable bonds is 9. The van der Waals surface area contributed by atoms with Crippen molar-refractivity contribution < 1.29 is 48.7 Å². The molecule has 9 N–H and O–H groups in total. The highest BCUT2D eigenvalue weighted by Crippen LogP contribution is 2.31. The summed E-state index contributed by atoms with van der Waals surface area (Å²) in [5.41, 5.74) is 10.6. The third kappa shape index (κ3) is 6.52. The molecular weight excluding hydrogens is 567 g/mol. The summed E-state index contributed by atoms with van der Waals surface area (Å²) in [5, 5.41) is 35.2. The van der Waals surface area contributed by atoms with Crippen LogP contribution >= 0.6 is 0 Å². The molecule has 0 aromatic heterocycles. The second-order valence-corrected chi connectivity index (χ2v) is 9.84. The van der Waals surface area contributed by atoms with Crippen LogP contribution in [-0.4, -0.2) is 99.9 Å². The van der Waals surface area contributed by atoms with Gasteiger partial charge in [0.25, 0.3) is 5.91 Å². The molecule has 0 saturated carbocycles. The second kappa shape index (κ2) is 12.8. The molecule has 16 nitrogen and oxygen atoms in total. The zero-order valence-electron chi connectivity index (χ0n) is 22.7. The molecule has 226 valence electrons. The Morgan fingerprint density at radius 2 is 1.84 bits per heavy atom. The number of phenols is 1. The van der Waals surface area contributed by atoms with E-state index in [9.17, 15) is 44.0 Å². The number of piperazine rings is 1. The molecule has 2 aliphatic heterocycles. The van der Waals surface area contributed by atoms with E-state index in [1.165, 1.54) is 23.1 Å². The van der Waals surface area contributed by atoms with Crippen LogP contribution in [0.25, 0.3) is 0 Å². The summed E-state index contributed by atoms with van der Waals surface area (Å²) >= 11 is 0. The van der Waals surface area contributed by atoms with Crippen LogP contribution in [0.2, 0.25) is 0 Å². The van der Waals surface area contributed by atoms with Gasteiger partial charge in [-0.3, -0.25) is 24.1 Å². The van der Waals surface area contributed by atoms with Crippen LogP contribution in [0.15, 0.2) is 36.4 Å². The topological polar surface area (TPSA) is 255 Å². The van der Waals surface area contributed by atoms with Gasteiger partial charge in [0.1, 0.15) is 17.5 Å². The fourth-order valence-corrected chi connectivity index (χ4v) is 4.78. The van der Waals surface area contributed by atoms with Crippen LogP contribution in [0.5, 0.6) is 11.5 Å². The quantitative estimate of drug-likeness (QED) is 0.124. The van der Waals surface area contributed by atoms with Crippen LogP contribution in [0, 0.1) is 0 Å². The maximum Gasteiger partial charge on any atom is 0.547 e. The van der Waals surface area contributed by atoms with Gasteiger partial charge in [-0.1, -0.05) is 18.2 Å². The van der Waals surface area contributed by atoms with E-state index in [0.29, 0.717) is 23.4 Å². The van der Waals surface area contributed by atoms with Gasteiger partial charge >= 0.3 is 30.9 Å². The van der Waals surface area contributed by atoms with Crippen molar-refractivity contribution in [3.63, 3.8) is 0 Å². The number of hydrogen-bond donors (Lipinski definition) is 7. The normalized spacial score (nSPS) is 17.1. The molecule has 2 aliphatic rings. The van der Waals surface area contributed by atoms with Crippen molar-refractivity contribution in [2.75, 3.05) is 26.2 Å². The van der Waals surface area contributed by atoms with Gasteiger partial charge in [0, 0.05) is 19.6 Å². The Labute approximate surface area is 244 Å². The summed E-state index contributed by atoms with van der Waals surface area (Å²) in [6.45, 7) is 0.411. The van der Waals surface area contributed by atoms with E-state index in [1.807, 2.05) is 0 Å². The summed E-state index contributed by atoms with van der Waals surface area (Å²) < 4.78 is 5.40. The highest BCUT2D eigenvalue weighted by atomic mass is 16.5. The molecule has 0 aliphatic carbocycles. The molecule has 2 aromatic rings. The number of urea groups is 1. The zero-order valence-corrected chi connectivity index (χ0v) is 22.7. The SMILES string of the molecule is NCCCN1CCN(C(=O)NC(C(=O)N[C@H]2Cc3cccc(C(=O)O)c3OB2O)c2ccc(C(N)=O)c(O)c2)C(=O)C1=O. The first-order valence-electron chi connectivity index (χ1n) is 13.2. The highest BCUT2D eigenvalue weighted by molar-refractivity contribution is 6.47. The average molecular weight is 596 g/mol. The summed E-state index contributed by atoms with van der Waals surface area (Å²) in [6, 6.07) is 5.02. The van der Waals surface area contributed by atoms with Crippen LogP contribution < -0.4 is 26.8 Å². The average Bonchev–Trinajstić information content (AvgIpc) is 2.96. The number of carbonyl (C=O) groups is 6. The van der Waals surface area contributed by atoms with Crippen molar-refractivity contribution in [1.29, 1.82) is 0 Å². The number of amides is 6. The number of fused-ring (bicyclic) bond motifs is 1. The molecule has 2 aromatic carbocycles. The number of imide groups is 1. The van der Waals surface area contributed by atoms with Crippen molar-refractivity contribution in [2.45, 2.75) is 24.8 Å². The minimum Gasteiger partial charge on any atom is -0.534 e. The Balaban J connectivity index is 1.58. The number of hydrogen-bond acceptors (Lipinski definition) is 10. The lowest BCUT2D eigenvalue weighted by atomic mass is 9.72. The Morgan fingerprint density at radius 3 is 2.49 bits per heavy atom. The number of nitrogens with zero attached hydrogens (tertiary/aromatic N) is 2. The Bertz CT molecular complexity index is 1490. The molecular formula is C26H29BN6O10. The van der Waals surface area contributed by atoms with Crippen molar-refractivity contribution in [1.82, 2.24) is 20.4 Å². The number of aromatic hydroxyl groups is 1. The largest absolute Gasteiger partial charge is 0.547 e. The molecule has 2 heterocycles. The van der Waals surface area contributed by atoms with E-state index in [4.69, 9.17) is 16.1 Å². The van der Waals surface area contributed by atoms with Gasteiger partial charge in [-0.25, -0.2) is 9.59 Å². The van der Waals surface area contributed by atoms with Gasteiger partial charge in [0.2, 0.25) is 5.91 Å². The Hall–Kier alpha value is -5.16. The standard InChI is InChI=1S/C26H29BN6O10/c28-7-2-8-32-9-10-33(24(38)23(32)37)26(41)31-19(13-5-6-15(21(29)35)17(34)11-13)22(36)30-18-12-14-3-1-4-16(25(39)40)20(14)43-27(18)42/h1,3-6,11,18-19,34,42H,2,7-10,12,28H2,(H2,29,35)(H,30,36)(H,31,41)(H,39,40)/t18-,19?/m0/s1. The van der Waals surface area contributed by atoms with Crippen molar-refractivity contribution in [2.24, 2.45) is 11.5 Å². The number of para-hydroxylation sites is 1. The van der Waals surface area contributed by atoms with Gasteiger partial charge in [0.15, 0.2) is 0 Å². The van der Waals surface area contributed by atoms with Gasteiger partial charge in [-0.2, -0.15) is 0 Å². The van der Waals surface area contributed by atoms with E-state index >= 15 is 0 Å². The van der Waals surface area contributed by atoms with Gasteiger partial charge in [0.05, 0.1) is 17.1 Å². The molecule has 17 heteroatoms. The summed E-state index contributed by atoms with van der Waals surface area (Å²) in [4.78, 5) is 77.0. The Kier molecular flexibility index (Phi) is 9.16. The number of carboxylic acids is 1. The maximum atomic E-state index is 13.6.